The SMILES string of the molecule is O=C(NCC1CCCO1)C1c2ccccc2C(=O)N(Cc2ccccc2)C12CCCC2. The van der Waals surface area contributed by atoms with Gasteiger partial charge in [0, 0.05) is 25.3 Å². The molecule has 5 rings (SSSR count). The zero-order valence-corrected chi connectivity index (χ0v) is 17.9. The molecule has 1 spiro atoms. The standard InChI is InChI=1S/C26H30N2O3/c29-24(27-17-20-11-8-16-31-20)23-21-12-4-5-13-22(21)25(30)28(26(23)14-6-7-15-26)18-19-9-2-1-3-10-19/h1-5,9-10,12-13,20,23H,6-8,11,14-18H2,(H,27,29). The number of fused-ring (bicyclic) bond motifs is 1. The molecule has 0 bridgehead atoms. The first-order chi connectivity index (χ1) is 15.2. The molecular weight excluding hydrogens is 388 g/mol. The van der Waals surface area contributed by atoms with Crippen LogP contribution in [0, 0.1) is 0 Å². The topological polar surface area (TPSA) is 58.6 Å². The first kappa shape index (κ1) is 20.3. The summed E-state index contributed by atoms with van der Waals surface area (Å²) < 4.78 is 5.72. The van der Waals surface area contributed by atoms with E-state index in [2.05, 4.69) is 17.4 Å². The Bertz CT molecular complexity index is 946. The van der Waals surface area contributed by atoms with Gasteiger partial charge in [0.05, 0.1) is 17.6 Å². The maximum absolute atomic E-state index is 13.7. The lowest BCUT2D eigenvalue weighted by molar-refractivity contribution is -0.127. The van der Waals surface area contributed by atoms with Crippen LogP contribution in [-0.2, 0) is 16.1 Å². The van der Waals surface area contributed by atoms with Gasteiger partial charge in [0.15, 0.2) is 0 Å². The molecular formula is C26H30N2O3. The quantitative estimate of drug-likeness (QED) is 0.797. The van der Waals surface area contributed by atoms with Gasteiger partial charge in [0.2, 0.25) is 5.91 Å². The Labute approximate surface area is 183 Å². The van der Waals surface area contributed by atoms with Crippen LogP contribution in [0.5, 0.6) is 0 Å². The van der Waals surface area contributed by atoms with Crippen LogP contribution in [0.4, 0.5) is 0 Å². The smallest absolute Gasteiger partial charge is 0.254 e. The number of carbonyl (C=O) groups excluding carboxylic acids is 2. The Morgan fingerprint density at radius 1 is 1.03 bits per heavy atom. The lowest BCUT2D eigenvalue weighted by Gasteiger charge is -2.50. The Kier molecular flexibility index (Phi) is 5.53. The normalized spacial score (nSPS) is 24.4. The van der Waals surface area contributed by atoms with E-state index in [1.54, 1.807) is 0 Å². The molecule has 2 unspecified atom stereocenters. The minimum absolute atomic E-state index is 0.0235. The van der Waals surface area contributed by atoms with Crippen LogP contribution in [0.1, 0.15) is 65.9 Å². The van der Waals surface area contributed by atoms with Crippen LogP contribution < -0.4 is 5.32 Å². The van der Waals surface area contributed by atoms with E-state index in [1.165, 1.54) is 0 Å². The Morgan fingerprint density at radius 3 is 2.52 bits per heavy atom. The molecule has 5 nitrogen and oxygen atoms in total. The molecule has 1 aliphatic carbocycles. The van der Waals surface area contributed by atoms with E-state index in [0.717, 1.165) is 56.3 Å². The minimum Gasteiger partial charge on any atom is -0.376 e. The number of benzene rings is 2. The summed E-state index contributed by atoms with van der Waals surface area (Å²) in [6.07, 6.45) is 5.94. The maximum Gasteiger partial charge on any atom is 0.254 e. The summed E-state index contributed by atoms with van der Waals surface area (Å²) in [5, 5.41) is 3.18. The van der Waals surface area contributed by atoms with E-state index >= 15 is 0 Å². The third-order valence-corrected chi connectivity index (χ3v) is 7.27. The van der Waals surface area contributed by atoms with Crippen LogP contribution >= 0.6 is 0 Å². The molecule has 3 aliphatic rings. The van der Waals surface area contributed by atoms with Gasteiger partial charge in [-0.3, -0.25) is 9.59 Å². The third-order valence-electron chi connectivity index (χ3n) is 7.27. The van der Waals surface area contributed by atoms with Crippen LogP contribution in [0.2, 0.25) is 0 Å². The molecule has 1 N–H and O–H groups in total. The van der Waals surface area contributed by atoms with Crippen LogP contribution in [0.25, 0.3) is 0 Å². The highest BCUT2D eigenvalue weighted by Crippen LogP contribution is 2.50. The fourth-order valence-electron chi connectivity index (χ4n) is 5.78. The van der Waals surface area contributed by atoms with Crippen molar-refractivity contribution in [3.05, 3.63) is 71.3 Å². The number of hydrogen-bond acceptors (Lipinski definition) is 3. The highest BCUT2D eigenvalue weighted by Gasteiger charge is 2.55. The fraction of sp³-hybridized carbons (Fsp3) is 0.462. The summed E-state index contributed by atoms with van der Waals surface area (Å²) in [5.41, 5.74) is 2.17. The Morgan fingerprint density at radius 2 is 1.77 bits per heavy atom. The zero-order valence-electron chi connectivity index (χ0n) is 17.9. The lowest BCUT2D eigenvalue weighted by atomic mass is 9.71. The fourth-order valence-corrected chi connectivity index (χ4v) is 5.78. The lowest BCUT2D eigenvalue weighted by Crippen LogP contribution is -2.60. The third kappa shape index (κ3) is 3.65. The van der Waals surface area contributed by atoms with Gasteiger partial charge in [-0.2, -0.15) is 0 Å². The number of carbonyl (C=O) groups is 2. The summed E-state index contributed by atoms with van der Waals surface area (Å²) in [4.78, 5) is 29.4. The largest absolute Gasteiger partial charge is 0.376 e. The Balaban J connectivity index is 1.52. The van der Waals surface area contributed by atoms with Gasteiger partial charge in [-0.05, 0) is 42.9 Å². The number of rotatable bonds is 5. The van der Waals surface area contributed by atoms with Crippen molar-refractivity contribution in [3.63, 3.8) is 0 Å². The van der Waals surface area contributed by atoms with Crippen molar-refractivity contribution in [3.8, 4) is 0 Å². The van der Waals surface area contributed by atoms with E-state index in [1.807, 2.05) is 47.4 Å². The molecule has 2 aliphatic heterocycles. The van der Waals surface area contributed by atoms with Gasteiger partial charge in [-0.15, -0.1) is 0 Å². The Hall–Kier alpha value is -2.66. The number of nitrogens with zero attached hydrogens (tertiary/aromatic N) is 1. The van der Waals surface area contributed by atoms with E-state index in [9.17, 15) is 9.59 Å². The van der Waals surface area contributed by atoms with Crippen molar-refractivity contribution < 1.29 is 14.3 Å². The number of ether oxygens (including phenoxy) is 1. The molecule has 0 aromatic heterocycles. The number of nitrogens with one attached hydrogen (secondary N) is 1. The second-order valence-electron chi connectivity index (χ2n) is 9.09. The van der Waals surface area contributed by atoms with E-state index in [0.29, 0.717) is 18.7 Å². The van der Waals surface area contributed by atoms with E-state index < -0.39 is 5.54 Å². The van der Waals surface area contributed by atoms with Crippen LogP contribution in [-0.4, -0.2) is 41.5 Å². The van der Waals surface area contributed by atoms with Gasteiger partial charge >= 0.3 is 0 Å². The van der Waals surface area contributed by atoms with Crippen molar-refractivity contribution in [2.24, 2.45) is 0 Å². The monoisotopic (exact) mass is 418 g/mol. The van der Waals surface area contributed by atoms with Crippen molar-refractivity contribution in [1.82, 2.24) is 10.2 Å². The van der Waals surface area contributed by atoms with E-state index in [4.69, 9.17) is 4.74 Å². The molecule has 1 saturated heterocycles. The second kappa shape index (κ2) is 8.46. The van der Waals surface area contributed by atoms with Gasteiger partial charge < -0.3 is 15.0 Å². The molecule has 2 fully saturated rings. The molecule has 162 valence electrons. The first-order valence-electron chi connectivity index (χ1n) is 11.5. The summed E-state index contributed by atoms with van der Waals surface area (Å²) >= 11 is 0. The highest BCUT2D eigenvalue weighted by molar-refractivity contribution is 6.02. The highest BCUT2D eigenvalue weighted by atomic mass is 16.5. The molecule has 1 saturated carbocycles. The molecule has 2 amide bonds. The van der Waals surface area contributed by atoms with Gasteiger partial charge in [-0.25, -0.2) is 0 Å². The van der Waals surface area contributed by atoms with E-state index in [-0.39, 0.29) is 23.8 Å². The van der Waals surface area contributed by atoms with Crippen molar-refractivity contribution in [2.75, 3.05) is 13.2 Å². The predicted molar refractivity (Wildman–Crippen MR) is 119 cm³/mol. The average molecular weight is 419 g/mol. The van der Waals surface area contributed by atoms with Crippen molar-refractivity contribution in [2.45, 2.75) is 62.6 Å². The summed E-state index contributed by atoms with van der Waals surface area (Å²) in [5.74, 6) is -0.283. The summed E-state index contributed by atoms with van der Waals surface area (Å²) in [7, 11) is 0. The maximum atomic E-state index is 13.7. The number of hydrogen-bond donors (Lipinski definition) is 1. The van der Waals surface area contributed by atoms with Gasteiger partial charge in [0.25, 0.3) is 5.91 Å². The number of amides is 2. The molecule has 31 heavy (non-hydrogen) atoms. The molecule has 2 aromatic rings. The second-order valence-corrected chi connectivity index (χ2v) is 9.09. The first-order valence-corrected chi connectivity index (χ1v) is 11.5. The molecule has 0 radical (unpaired) electrons. The molecule has 2 atom stereocenters. The minimum atomic E-state index is -0.470. The average Bonchev–Trinajstić information content (AvgIpc) is 3.49. The zero-order chi connectivity index (χ0) is 21.3. The summed E-state index contributed by atoms with van der Waals surface area (Å²) in [6.45, 7) is 1.85. The molecule has 2 aromatic carbocycles. The van der Waals surface area contributed by atoms with Gasteiger partial charge in [0.1, 0.15) is 0 Å². The van der Waals surface area contributed by atoms with Crippen LogP contribution in [0.3, 0.4) is 0 Å². The molecule has 2 heterocycles. The van der Waals surface area contributed by atoms with Crippen LogP contribution in [0.15, 0.2) is 54.6 Å². The molecule has 5 heteroatoms. The van der Waals surface area contributed by atoms with Crippen molar-refractivity contribution in [1.29, 1.82) is 0 Å². The van der Waals surface area contributed by atoms with Crippen molar-refractivity contribution >= 4 is 11.8 Å². The van der Waals surface area contributed by atoms with Gasteiger partial charge in [-0.1, -0.05) is 61.4 Å². The summed E-state index contributed by atoms with van der Waals surface area (Å²) in [6, 6.07) is 17.8. The predicted octanol–water partition coefficient (Wildman–Crippen LogP) is 4.03.